The van der Waals surface area contributed by atoms with E-state index in [9.17, 15) is 4.79 Å². The smallest absolute Gasteiger partial charge is 0.256 e. The highest BCUT2D eigenvalue weighted by molar-refractivity contribution is 6.00. The number of nitrogens with zero attached hydrogens (tertiary/aromatic N) is 2. The fourth-order valence-corrected chi connectivity index (χ4v) is 2.83. The van der Waals surface area contributed by atoms with E-state index in [-0.39, 0.29) is 5.91 Å². The van der Waals surface area contributed by atoms with Crippen LogP contribution in [-0.2, 0) is 0 Å². The number of hydrazine groups is 1. The van der Waals surface area contributed by atoms with Gasteiger partial charge in [-0.05, 0) is 46.0 Å². The van der Waals surface area contributed by atoms with Crippen molar-refractivity contribution in [2.75, 3.05) is 32.6 Å². The lowest BCUT2D eigenvalue weighted by atomic mass is 10.1. The second-order valence-corrected chi connectivity index (χ2v) is 5.75. The van der Waals surface area contributed by atoms with Gasteiger partial charge in [0, 0.05) is 19.1 Å². The first-order valence-corrected chi connectivity index (χ1v) is 7.06. The summed E-state index contributed by atoms with van der Waals surface area (Å²) < 4.78 is 0. The number of anilines is 1. The van der Waals surface area contributed by atoms with Gasteiger partial charge in [0.1, 0.15) is 0 Å². The molecule has 1 amide bonds. The summed E-state index contributed by atoms with van der Waals surface area (Å²) in [6.45, 7) is 3.72. The van der Waals surface area contributed by atoms with Crippen molar-refractivity contribution in [2.45, 2.75) is 25.8 Å². The maximum atomic E-state index is 12.8. The van der Waals surface area contributed by atoms with Crippen molar-refractivity contribution in [3.05, 3.63) is 29.3 Å². The van der Waals surface area contributed by atoms with Crippen LogP contribution in [0.1, 0.15) is 28.8 Å². The van der Waals surface area contributed by atoms with Crippen LogP contribution in [0.2, 0.25) is 0 Å². The number of hydrogen-bond acceptors (Lipinski definition) is 4. The van der Waals surface area contributed by atoms with Crippen LogP contribution >= 0.6 is 0 Å². The average Bonchev–Trinajstić information content (AvgIpc) is 2.85. The normalized spacial score (nSPS) is 18.6. The quantitative estimate of drug-likeness (QED) is 0.645. The van der Waals surface area contributed by atoms with Gasteiger partial charge in [-0.25, -0.2) is 0 Å². The molecule has 0 spiro atoms. The number of nitrogens with two attached hydrogens (primary N) is 1. The minimum absolute atomic E-state index is 0.0750. The molecule has 0 saturated carbocycles. The van der Waals surface area contributed by atoms with Crippen molar-refractivity contribution in [2.24, 2.45) is 5.84 Å². The number of aryl methyl sites for hydroxylation is 1. The van der Waals surface area contributed by atoms with Gasteiger partial charge in [-0.15, -0.1) is 0 Å². The summed E-state index contributed by atoms with van der Waals surface area (Å²) in [7, 11) is 4.08. The second-order valence-electron chi connectivity index (χ2n) is 5.75. The highest BCUT2D eigenvalue weighted by Gasteiger charge is 2.30. The molecular formula is C15H24N4O. The molecule has 0 aromatic heterocycles. The Morgan fingerprint density at radius 1 is 1.50 bits per heavy atom. The molecule has 0 bridgehead atoms. The number of nitrogen functional groups attached to an aromatic ring is 1. The zero-order chi connectivity index (χ0) is 14.7. The molecule has 1 fully saturated rings. The molecule has 1 aromatic rings. The van der Waals surface area contributed by atoms with Crippen LogP contribution < -0.4 is 11.3 Å². The number of likely N-dealkylation sites (N-methyl/N-ethyl adjacent to an activating group) is 1. The molecule has 1 aliphatic heterocycles. The Labute approximate surface area is 120 Å². The Balaban J connectivity index is 2.24. The van der Waals surface area contributed by atoms with E-state index in [4.69, 9.17) is 5.84 Å². The van der Waals surface area contributed by atoms with E-state index >= 15 is 0 Å². The van der Waals surface area contributed by atoms with E-state index < -0.39 is 0 Å². The standard InChI is InChI=1S/C15H24N4O/c1-11-6-7-14(17-16)13(9-11)15(20)19-8-4-5-12(19)10-18(2)3/h6-7,9,12,17H,4-5,8,10,16H2,1-3H3. The van der Waals surface area contributed by atoms with E-state index in [1.165, 1.54) is 0 Å². The largest absolute Gasteiger partial charge is 0.334 e. The molecule has 1 aliphatic rings. The SMILES string of the molecule is Cc1ccc(NN)c(C(=O)N2CCCC2CN(C)C)c1. The van der Waals surface area contributed by atoms with Crippen molar-refractivity contribution in [1.82, 2.24) is 9.80 Å². The van der Waals surface area contributed by atoms with Crippen molar-refractivity contribution in [3.8, 4) is 0 Å². The zero-order valence-electron chi connectivity index (χ0n) is 12.5. The van der Waals surface area contributed by atoms with Gasteiger partial charge in [0.15, 0.2) is 0 Å². The zero-order valence-corrected chi connectivity index (χ0v) is 12.5. The second kappa shape index (κ2) is 6.24. The number of amides is 1. The summed E-state index contributed by atoms with van der Waals surface area (Å²) in [5, 5.41) is 0. The van der Waals surface area contributed by atoms with Gasteiger partial charge < -0.3 is 15.2 Å². The Morgan fingerprint density at radius 3 is 2.90 bits per heavy atom. The topological polar surface area (TPSA) is 61.6 Å². The molecule has 1 aromatic carbocycles. The summed E-state index contributed by atoms with van der Waals surface area (Å²) in [5.41, 5.74) is 5.05. The average molecular weight is 276 g/mol. The third kappa shape index (κ3) is 3.11. The molecule has 1 atom stereocenters. The first kappa shape index (κ1) is 14.8. The number of benzene rings is 1. The molecular weight excluding hydrogens is 252 g/mol. The third-order valence-corrected chi connectivity index (χ3v) is 3.77. The maximum Gasteiger partial charge on any atom is 0.256 e. The van der Waals surface area contributed by atoms with E-state index in [1.807, 2.05) is 44.1 Å². The highest BCUT2D eigenvalue weighted by atomic mass is 16.2. The maximum absolute atomic E-state index is 12.8. The van der Waals surface area contributed by atoms with Gasteiger partial charge in [0.25, 0.3) is 5.91 Å². The van der Waals surface area contributed by atoms with Crippen LogP contribution in [0, 0.1) is 6.92 Å². The summed E-state index contributed by atoms with van der Waals surface area (Å²) in [6, 6.07) is 6.01. The van der Waals surface area contributed by atoms with Crippen LogP contribution in [-0.4, -0.2) is 48.9 Å². The fourth-order valence-electron chi connectivity index (χ4n) is 2.83. The van der Waals surface area contributed by atoms with Gasteiger partial charge in [-0.3, -0.25) is 10.6 Å². The number of hydrogen-bond donors (Lipinski definition) is 2. The lowest BCUT2D eigenvalue weighted by Crippen LogP contribution is -2.41. The van der Waals surface area contributed by atoms with Crippen LogP contribution in [0.5, 0.6) is 0 Å². The predicted molar refractivity (Wildman–Crippen MR) is 81.6 cm³/mol. The summed E-state index contributed by atoms with van der Waals surface area (Å²) in [4.78, 5) is 16.9. The Morgan fingerprint density at radius 2 is 2.25 bits per heavy atom. The molecule has 5 nitrogen and oxygen atoms in total. The molecule has 1 unspecified atom stereocenters. The minimum Gasteiger partial charge on any atom is -0.334 e. The van der Waals surface area contributed by atoms with Crippen molar-refractivity contribution < 1.29 is 4.79 Å². The molecule has 110 valence electrons. The first-order chi connectivity index (χ1) is 9.52. The number of nitrogens with one attached hydrogen (secondary N) is 1. The van der Waals surface area contributed by atoms with Gasteiger partial charge in [0.05, 0.1) is 11.3 Å². The van der Waals surface area contributed by atoms with Crippen molar-refractivity contribution in [3.63, 3.8) is 0 Å². The van der Waals surface area contributed by atoms with E-state index in [1.54, 1.807) is 0 Å². The van der Waals surface area contributed by atoms with Crippen LogP contribution in [0.25, 0.3) is 0 Å². The number of likely N-dealkylation sites (tertiary alicyclic amines) is 1. The highest BCUT2D eigenvalue weighted by Crippen LogP contribution is 2.24. The van der Waals surface area contributed by atoms with Crippen LogP contribution in [0.3, 0.4) is 0 Å². The molecule has 3 N–H and O–H groups in total. The van der Waals surface area contributed by atoms with E-state index in [2.05, 4.69) is 10.3 Å². The molecule has 5 heteroatoms. The lowest BCUT2D eigenvalue weighted by Gasteiger charge is -2.28. The monoisotopic (exact) mass is 276 g/mol. The third-order valence-electron chi connectivity index (χ3n) is 3.77. The predicted octanol–water partition coefficient (Wildman–Crippen LogP) is 1.45. The first-order valence-electron chi connectivity index (χ1n) is 7.06. The number of rotatable bonds is 4. The fraction of sp³-hybridized carbons (Fsp3) is 0.533. The molecule has 2 rings (SSSR count). The van der Waals surface area contributed by atoms with Gasteiger partial charge >= 0.3 is 0 Å². The van der Waals surface area contributed by atoms with Gasteiger partial charge in [-0.1, -0.05) is 11.6 Å². The molecule has 20 heavy (non-hydrogen) atoms. The minimum atomic E-state index is 0.0750. The number of carbonyl (C=O) groups excluding carboxylic acids is 1. The van der Waals surface area contributed by atoms with E-state index in [0.29, 0.717) is 17.3 Å². The van der Waals surface area contributed by atoms with Crippen LogP contribution in [0.15, 0.2) is 18.2 Å². The summed E-state index contributed by atoms with van der Waals surface area (Å²) in [6.07, 6.45) is 2.14. The summed E-state index contributed by atoms with van der Waals surface area (Å²) >= 11 is 0. The van der Waals surface area contributed by atoms with Crippen LogP contribution in [0.4, 0.5) is 5.69 Å². The molecule has 0 radical (unpaired) electrons. The van der Waals surface area contributed by atoms with Gasteiger partial charge in [-0.2, -0.15) is 0 Å². The lowest BCUT2D eigenvalue weighted by molar-refractivity contribution is 0.0717. The molecule has 0 aliphatic carbocycles. The van der Waals surface area contributed by atoms with Crippen molar-refractivity contribution in [1.29, 1.82) is 0 Å². The van der Waals surface area contributed by atoms with E-state index in [0.717, 1.165) is 31.5 Å². The Hall–Kier alpha value is -1.59. The molecule has 1 saturated heterocycles. The number of carbonyl (C=O) groups is 1. The van der Waals surface area contributed by atoms with Gasteiger partial charge in [0.2, 0.25) is 0 Å². The summed E-state index contributed by atoms with van der Waals surface area (Å²) in [5.74, 6) is 5.60. The Bertz CT molecular complexity index is 487. The molecule has 1 heterocycles. The van der Waals surface area contributed by atoms with Crippen molar-refractivity contribution >= 4 is 11.6 Å². The Kier molecular flexibility index (Phi) is 4.62.